The molecule has 164 valence electrons. The molecule has 1 aromatic rings. The van der Waals surface area contributed by atoms with Crippen molar-refractivity contribution in [3.8, 4) is 0 Å². The predicted octanol–water partition coefficient (Wildman–Crippen LogP) is 3.83. The number of unbranched alkanes of at least 4 members (excludes halogenated alkanes) is 3. The lowest BCUT2D eigenvalue weighted by Crippen LogP contribution is -2.50. The van der Waals surface area contributed by atoms with E-state index in [0.717, 1.165) is 42.8 Å². The van der Waals surface area contributed by atoms with Gasteiger partial charge in [-0.25, -0.2) is 9.69 Å². The van der Waals surface area contributed by atoms with Crippen molar-refractivity contribution in [1.29, 1.82) is 0 Å². The molecule has 0 saturated carbocycles. The van der Waals surface area contributed by atoms with Gasteiger partial charge in [0.2, 0.25) is 5.91 Å². The molecule has 1 saturated heterocycles. The lowest BCUT2D eigenvalue weighted by molar-refractivity contribution is -0.138. The topological polar surface area (TPSA) is 100 Å². The molecular weight excluding hydrogens is 374 g/mol. The van der Waals surface area contributed by atoms with E-state index < -0.39 is 35.7 Å². The van der Waals surface area contributed by atoms with Crippen LogP contribution in [0.15, 0.2) is 16.5 Å². The lowest BCUT2D eigenvalue weighted by Gasteiger charge is -2.32. The van der Waals surface area contributed by atoms with Crippen molar-refractivity contribution in [3.63, 3.8) is 0 Å². The van der Waals surface area contributed by atoms with Crippen LogP contribution >= 0.6 is 0 Å². The third kappa shape index (κ3) is 5.39. The minimum Gasteiger partial charge on any atom is -0.463 e. The van der Waals surface area contributed by atoms with E-state index >= 15 is 0 Å². The lowest BCUT2D eigenvalue weighted by atomic mass is 9.88. The molecule has 0 unspecified atom stereocenters. The molecule has 2 heterocycles. The van der Waals surface area contributed by atoms with E-state index in [1.54, 1.807) is 26.8 Å². The maximum absolute atomic E-state index is 13.1. The van der Waals surface area contributed by atoms with Crippen LogP contribution in [0, 0.1) is 11.8 Å². The highest BCUT2D eigenvalue weighted by atomic mass is 16.6. The Hall–Kier alpha value is -1.86. The van der Waals surface area contributed by atoms with E-state index in [1.165, 1.54) is 0 Å². The van der Waals surface area contributed by atoms with Crippen LogP contribution in [0.4, 0.5) is 4.79 Å². The van der Waals surface area contributed by atoms with Crippen molar-refractivity contribution in [2.75, 3.05) is 6.61 Å². The van der Waals surface area contributed by atoms with Gasteiger partial charge in [0.25, 0.3) is 0 Å². The Labute approximate surface area is 173 Å². The monoisotopic (exact) mass is 409 g/mol. The highest BCUT2D eigenvalue weighted by molar-refractivity contribution is 5.95. The van der Waals surface area contributed by atoms with Crippen molar-refractivity contribution in [2.45, 2.75) is 84.5 Å². The van der Waals surface area contributed by atoms with Gasteiger partial charge in [0, 0.05) is 13.0 Å². The minimum atomic E-state index is -1.14. The first kappa shape index (κ1) is 23.4. The molecule has 0 spiro atoms. The number of rotatable bonds is 10. The molecule has 1 aliphatic rings. The summed E-state index contributed by atoms with van der Waals surface area (Å²) in [4.78, 5) is 26.6. The van der Waals surface area contributed by atoms with E-state index in [1.807, 2.05) is 19.9 Å². The number of hydrogen-bond acceptors (Lipinski definition) is 6. The number of ether oxygens (including phenoxy) is 1. The Morgan fingerprint density at radius 1 is 1.17 bits per heavy atom. The number of carbonyl (C=O) groups is 2. The number of hydrogen-bond donors (Lipinski definition) is 2. The Bertz CT molecular complexity index is 695. The number of aryl methyl sites for hydroxylation is 1. The summed E-state index contributed by atoms with van der Waals surface area (Å²) in [6, 6.07) is 3.10. The molecule has 3 atom stereocenters. The molecule has 0 aromatic carbocycles. The van der Waals surface area contributed by atoms with Crippen LogP contribution in [0.1, 0.15) is 77.9 Å². The van der Waals surface area contributed by atoms with E-state index in [9.17, 15) is 14.7 Å². The third-order valence-electron chi connectivity index (χ3n) is 5.57. The zero-order chi connectivity index (χ0) is 21.8. The average Bonchev–Trinajstić information content (AvgIpc) is 3.20. The summed E-state index contributed by atoms with van der Waals surface area (Å²) in [5, 5.41) is 19.5. The predicted molar refractivity (Wildman–Crippen MR) is 108 cm³/mol. The first-order valence-corrected chi connectivity index (χ1v) is 10.5. The van der Waals surface area contributed by atoms with E-state index in [-0.39, 0.29) is 12.5 Å². The number of furan rings is 1. The number of aliphatic hydroxyl groups is 2. The highest BCUT2D eigenvalue weighted by Crippen LogP contribution is 2.36. The van der Waals surface area contributed by atoms with Gasteiger partial charge in [0.15, 0.2) is 0 Å². The Balaban J connectivity index is 2.03. The second-order valence-corrected chi connectivity index (χ2v) is 8.79. The summed E-state index contributed by atoms with van der Waals surface area (Å²) in [5.74, 6) is -0.214. The van der Waals surface area contributed by atoms with E-state index in [2.05, 4.69) is 0 Å². The van der Waals surface area contributed by atoms with Crippen molar-refractivity contribution >= 4 is 12.0 Å². The Morgan fingerprint density at radius 3 is 2.45 bits per heavy atom. The van der Waals surface area contributed by atoms with Crippen LogP contribution < -0.4 is 0 Å². The number of cyclic esters (lactones) is 1. The maximum Gasteiger partial charge on any atom is 0.417 e. The van der Waals surface area contributed by atoms with Gasteiger partial charge in [-0.1, -0.05) is 33.6 Å². The van der Waals surface area contributed by atoms with Crippen molar-refractivity contribution in [1.82, 2.24) is 4.90 Å². The molecule has 7 nitrogen and oxygen atoms in total. The zero-order valence-corrected chi connectivity index (χ0v) is 18.2. The SMILES string of the molecule is CC(C)[C@@H]1N(C(=O)[C@@H](C)[C@H](O)c2ccc(CCCCCCO)o2)C(=O)OC1(C)C. The second-order valence-electron chi connectivity index (χ2n) is 8.79. The standard InChI is InChI=1S/C22H35NO6/c1-14(2)19-22(4,5)29-21(27)23(19)20(26)15(3)18(25)17-12-11-16(28-17)10-8-6-7-9-13-24/h11-12,14-15,18-19,24-25H,6-10,13H2,1-5H3/t15-,18-,19-/m0/s1. The molecule has 1 fully saturated rings. The summed E-state index contributed by atoms with van der Waals surface area (Å²) in [6.45, 7) is 9.28. The quantitative estimate of drug-likeness (QED) is 0.570. The van der Waals surface area contributed by atoms with Crippen molar-refractivity contribution in [2.24, 2.45) is 11.8 Å². The molecule has 1 aromatic heterocycles. The smallest absolute Gasteiger partial charge is 0.417 e. The highest BCUT2D eigenvalue weighted by Gasteiger charge is 2.53. The summed E-state index contributed by atoms with van der Waals surface area (Å²) < 4.78 is 11.2. The molecule has 2 N–H and O–H groups in total. The molecule has 0 bridgehead atoms. The zero-order valence-electron chi connectivity index (χ0n) is 18.2. The molecule has 1 aliphatic heterocycles. The Morgan fingerprint density at radius 2 is 1.83 bits per heavy atom. The molecular formula is C22H35NO6. The van der Waals surface area contributed by atoms with Crippen LogP contribution in [0.2, 0.25) is 0 Å². The number of aliphatic hydroxyl groups excluding tert-OH is 2. The fourth-order valence-corrected chi connectivity index (χ4v) is 4.14. The third-order valence-corrected chi connectivity index (χ3v) is 5.57. The summed E-state index contributed by atoms with van der Waals surface area (Å²) in [6.07, 6.45) is 2.63. The number of carbonyl (C=O) groups excluding carboxylic acids is 2. The fraction of sp³-hybridized carbons (Fsp3) is 0.727. The van der Waals surface area contributed by atoms with Crippen LogP contribution in [-0.2, 0) is 16.0 Å². The molecule has 2 amide bonds. The van der Waals surface area contributed by atoms with Crippen LogP contribution in [0.25, 0.3) is 0 Å². The van der Waals surface area contributed by atoms with Crippen molar-refractivity contribution in [3.05, 3.63) is 23.7 Å². The van der Waals surface area contributed by atoms with Crippen LogP contribution in [-0.4, -0.2) is 45.4 Å². The number of imide groups is 1. The average molecular weight is 410 g/mol. The first-order chi connectivity index (χ1) is 13.6. The van der Waals surface area contributed by atoms with Crippen LogP contribution in [0.5, 0.6) is 0 Å². The fourth-order valence-electron chi connectivity index (χ4n) is 4.14. The number of nitrogens with zero attached hydrogens (tertiary/aromatic N) is 1. The van der Waals surface area contributed by atoms with Gasteiger partial charge in [-0.05, 0) is 44.7 Å². The molecule has 7 heteroatoms. The van der Waals surface area contributed by atoms with Gasteiger partial charge in [0.1, 0.15) is 23.2 Å². The summed E-state index contributed by atoms with van der Waals surface area (Å²) in [5.41, 5.74) is -0.778. The number of amides is 2. The van der Waals surface area contributed by atoms with Crippen LogP contribution in [0.3, 0.4) is 0 Å². The first-order valence-electron chi connectivity index (χ1n) is 10.5. The van der Waals surface area contributed by atoms with E-state index in [0.29, 0.717) is 5.76 Å². The molecule has 29 heavy (non-hydrogen) atoms. The minimum absolute atomic E-state index is 0.0193. The molecule has 0 aliphatic carbocycles. The largest absolute Gasteiger partial charge is 0.463 e. The van der Waals surface area contributed by atoms with Gasteiger partial charge < -0.3 is 19.4 Å². The Kier molecular flexibility index (Phi) is 7.88. The summed E-state index contributed by atoms with van der Waals surface area (Å²) >= 11 is 0. The van der Waals surface area contributed by atoms with E-state index in [4.69, 9.17) is 14.3 Å². The van der Waals surface area contributed by atoms with Gasteiger partial charge in [-0.2, -0.15) is 0 Å². The van der Waals surface area contributed by atoms with Gasteiger partial charge in [-0.15, -0.1) is 0 Å². The normalized spacial score (nSPS) is 20.8. The van der Waals surface area contributed by atoms with Gasteiger partial charge in [-0.3, -0.25) is 4.79 Å². The molecule has 2 rings (SSSR count). The maximum atomic E-state index is 13.1. The second kappa shape index (κ2) is 9.76. The summed E-state index contributed by atoms with van der Waals surface area (Å²) in [7, 11) is 0. The van der Waals surface area contributed by atoms with Gasteiger partial charge >= 0.3 is 6.09 Å². The van der Waals surface area contributed by atoms with Crippen molar-refractivity contribution < 1.29 is 29.0 Å². The molecule has 0 radical (unpaired) electrons. The van der Waals surface area contributed by atoms with Gasteiger partial charge in [0.05, 0.1) is 12.0 Å².